The monoisotopic (exact) mass is 296 g/mol. The van der Waals surface area contributed by atoms with E-state index in [0.29, 0.717) is 19.5 Å². The number of nitrogens with one attached hydrogen (secondary N) is 1. The lowest BCUT2D eigenvalue weighted by atomic mass is 10.0. The van der Waals surface area contributed by atoms with Gasteiger partial charge >= 0.3 is 6.09 Å². The number of aliphatic hydroxyl groups is 1. The first kappa shape index (κ1) is 15.7. The van der Waals surface area contributed by atoms with E-state index in [-0.39, 0.29) is 19.8 Å². The summed E-state index contributed by atoms with van der Waals surface area (Å²) in [6.45, 7) is 1.54. The van der Waals surface area contributed by atoms with Crippen LogP contribution in [0.3, 0.4) is 0 Å². The van der Waals surface area contributed by atoms with Crippen molar-refractivity contribution in [2.75, 3.05) is 26.2 Å². The first-order chi connectivity index (χ1) is 10.2. The summed E-state index contributed by atoms with van der Waals surface area (Å²) >= 11 is 0. The number of carbonyl (C=O) groups excluding carboxylic acids is 1. The Morgan fingerprint density at radius 1 is 1.43 bits per heavy atom. The van der Waals surface area contributed by atoms with Crippen molar-refractivity contribution >= 4 is 6.09 Å². The van der Waals surface area contributed by atoms with E-state index in [4.69, 9.17) is 9.84 Å². The molecule has 1 saturated heterocycles. The fraction of sp³-hybridized carbons (Fsp3) is 0.533. The van der Waals surface area contributed by atoms with Gasteiger partial charge < -0.3 is 15.2 Å². The number of amides is 1. The second kappa shape index (κ2) is 7.95. The minimum absolute atomic E-state index is 0.0178. The number of aliphatic hydroxyl groups excluding tert-OH is 1. The van der Waals surface area contributed by atoms with E-state index in [1.165, 1.54) is 0 Å². The lowest BCUT2D eigenvalue weighted by molar-refractivity contribution is 0.0786. The number of piperidine rings is 1. The largest absolute Gasteiger partial charge is 0.445 e. The molecule has 1 aliphatic heterocycles. The molecule has 1 heterocycles. The van der Waals surface area contributed by atoms with E-state index in [2.05, 4.69) is 5.32 Å². The highest BCUT2D eigenvalue weighted by molar-refractivity contribution is 5.67. The van der Waals surface area contributed by atoms with Gasteiger partial charge in [-0.2, -0.15) is 0 Å². The number of β-amino-alcohol motifs (C(OH)–C–C–N with tert-alkyl or cyclic N) is 1. The van der Waals surface area contributed by atoms with Crippen LogP contribution in [0, 0.1) is 0 Å². The molecule has 1 fully saturated rings. The molecule has 1 aromatic carbocycles. The number of rotatable bonds is 5. The fourth-order valence-electron chi connectivity index (χ4n) is 2.39. The molecule has 0 bridgehead atoms. The number of nitrogens with zero attached hydrogens (tertiary/aromatic N) is 1. The molecule has 0 radical (unpaired) electrons. The number of alkyl halides is 1. The molecule has 21 heavy (non-hydrogen) atoms. The van der Waals surface area contributed by atoms with E-state index in [0.717, 1.165) is 5.56 Å². The van der Waals surface area contributed by atoms with Gasteiger partial charge in [-0.25, -0.2) is 9.18 Å². The summed E-state index contributed by atoms with van der Waals surface area (Å²) in [6, 6.07) is 8.81. The fourth-order valence-corrected chi connectivity index (χ4v) is 2.39. The highest BCUT2D eigenvalue weighted by Crippen LogP contribution is 2.14. The smallest absolute Gasteiger partial charge is 0.407 e. The van der Waals surface area contributed by atoms with Gasteiger partial charge in [-0.1, -0.05) is 30.3 Å². The minimum atomic E-state index is -1.14. The van der Waals surface area contributed by atoms with Gasteiger partial charge in [0.05, 0.1) is 12.6 Å². The van der Waals surface area contributed by atoms with Crippen molar-refractivity contribution in [1.29, 1.82) is 0 Å². The van der Waals surface area contributed by atoms with Gasteiger partial charge in [-0.15, -0.1) is 0 Å². The van der Waals surface area contributed by atoms with Crippen LogP contribution in [0.25, 0.3) is 0 Å². The maximum Gasteiger partial charge on any atom is 0.407 e. The summed E-state index contributed by atoms with van der Waals surface area (Å²) in [5, 5.41) is 11.4. The predicted octanol–water partition coefficient (Wildman–Crippen LogP) is 1.32. The lowest BCUT2D eigenvalue weighted by Crippen LogP contribution is -2.52. The average Bonchev–Trinajstić information content (AvgIpc) is 2.49. The molecular weight excluding hydrogens is 275 g/mol. The second-order valence-corrected chi connectivity index (χ2v) is 5.14. The van der Waals surface area contributed by atoms with Crippen molar-refractivity contribution < 1.29 is 19.0 Å². The van der Waals surface area contributed by atoms with E-state index in [1.807, 2.05) is 35.2 Å². The Bertz CT molecular complexity index is 444. The molecule has 1 aromatic rings. The number of likely N-dealkylation sites (tertiary alicyclic amines) is 1. The normalized spacial score (nSPS) is 22.8. The average molecular weight is 296 g/mol. The van der Waals surface area contributed by atoms with Crippen molar-refractivity contribution in [1.82, 2.24) is 10.2 Å². The van der Waals surface area contributed by atoms with Crippen LogP contribution in [0.5, 0.6) is 0 Å². The summed E-state index contributed by atoms with van der Waals surface area (Å²) in [6.07, 6.45) is -1.22. The van der Waals surface area contributed by atoms with Crippen molar-refractivity contribution in [3.05, 3.63) is 35.9 Å². The van der Waals surface area contributed by atoms with Crippen LogP contribution >= 0.6 is 0 Å². The molecule has 5 nitrogen and oxygen atoms in total. The Morgan fingerprint density at radius 2 is 2.19 bits per heavy atom. The van der Waals surface area contributed by atoms with Crippen LogP contribution in [0.15, 0.2) is 30.3 Å². The Hall–Kier alpha value is -1.66. The molecule has 0 spiro atoms. The van der Waals surface area contributed by atoms with E-state index >= 15 is 0 Å². The maximum atomic E-state index is 14.0. The van der Waals surface area contributed by atoms with Crippen LogP contribution in [0.2, 0.25) is 0 Å². The predicted molar refractivity (Wildman–Crippen MR) is 76.6 cm³/mol. The van der Waals surface area contributed by atoms with Gasteiger partial charge in [0.15, 0.2) is 0 Å². The number of carbonyl (C=O) groups is 1. The van der Waals surface area contributed by atoms with E-state index in [1.54, 1.807) is 0 Å². The maximum absolute atomic E-state index is 14.0. The van der Waals surface area contributed by atoms with Crippen LogP contribution in [-0.2, 0) is 11.3 Å². The third-order valence-electron chi connectivity index (χ3n) is 3.56. The van der Waals surface area contributed by atoms with Crippen LogP contribution < -0.4 is 5.32 Å². The minimum Gasteiger partial charge on any atom is -0.445 e. The third-order valence-corrected chi connectivity index (χ3v) is 3.56. The molecule has 1 amide bonds. The summed E-state index contributed by atoms with van der Waals surface area (Å²) in [5.74, 6) is 0. The summed E-state index contributed by atoms with van der Waals surface area (Å²) in [4.78, 5) is 13.5. The molecule has 2 atom stereocenters. The highest BCUT2D eigenvalue weighted by atomic mass is 19.1. The molecule has 0 aromatic heterocycles. The molecule has 0 aliphatic carbocycles. The first-order valence-corrected chi connectivity index (χ1v) is 7.13. The second-order valence-electron chi connectivity index (χ2n) is 5.14. The quantitative estimate of drug-likeness (QED) is 0.860. The molecule has 1 aliphatic rings. The molecule has 2 unspecified atom stereocenters. The van der Waals surface area contributed by atoms with Crippen LogP contribution in [-0.4, -0.2) is 54.6 Å². The summed E-state index contributed by atoms with van der Waals surface area (Å²) < 4.78 is 19.0. The van der Waals surface area contributed by atoms with Crippen molar-refractivity contribution in [3.63, 3.8) is 0 Å². The SMILES string of the molecule is O=C(NC1CCN(CCO)CC1F)OCc1ccccc1. The van der Waals surface area contributed by atoms with Gasteiger partial charge in [0.25, 0.3) is 0 Å². The third kappa shape index (κ3) is 4.99. The van der Waals surface area contributed by atoms with Gasteiger partial charge in [-0.05, 0) is 12.0 Å². The van der Waals surface area contributed by atoms with Gasteiger partial charge in [0, 0.05) is 19.6 Å². The number of halogens is 1. The van der Waals surface area contributed by atoms with Crippen molar-refractivity contribution in [3.8, 4) is 0 Å². The van der Waals surface area contributed by atoms with Crippen molar-refractivity contribution in [2.24, 2.45) is 0 Å². The number of alkyl carbamates (subject to hydrolysis) is 1. The number of benzene rings is 1. The number of hydrogen-bond donors (Lipinski definition) is 2. The molecule has 0 saturated carbocycles. The van der Waals surface area contributed by atoms with Crippen LogP contribution in [0.1, 0.15) is 12.0 Å². The molecule has 6 heteroatoms. The topological polar surface area (TPSA) is 61.8 Å². The summed E-state index contributed by atoms with van der Waals surface area (Å²) in [5.41, 5.74) is 0.891. The Balaban J connectivity index is 1.73. The van der Waals surface area contributed by atoms with Gasteiger partial charge in [0.2, 0.25) is 0 Å². The van der Waals surface area contributed by atoms with E-state index < -0.39 is 18.3 Å². The zero-order valence-electron chi connectivity index (χ0n) is 11.9. The molecule has 2 N–H and O–H groups in total. The zero-order valence-corrected chi connectivity index (χ0v) is 11.9. The Kier molecular flexibility index (Phi) is 5.95. The van der Waals surface area contributed by atoms with Crippen molar-refractivity contribution in [2.45, 2.75) is 25.2 Å². The number of hydrogen-bond acceptors (Lipinski definition) is 4. The Morgan fingerprint density at radius 3 is 2.86 bits per heavy atom. The summed E-state index contributed by atoms with van der Waals surface area (Å²) in [7, 11) is 0. The highest BCUT2D eigenvalue weighted by Gasteiger charge is 2.30. The standard InChI is InChI=1S/C15H21FN2O3/c16-13-10-18(8-9-19)7-6-14(13)17-15(20)21-11-12-4-2-1-3-5-12/h1-5,13-14,19H,6-11H2,(H,17,20). The Labute approximate surface area is 123 Å². The molecule has 2 rings (SSSR count). The lowest BCUT2D eigenvalue weighted by Gasteiger charge is -2.34. The number of ether oxygens (including phenoxy) is 1. The van der Waals surface area contributed by atoms with E-state index in [9.17, 15) is 9.18 Å². The molecular formula is C15H21FN2O3. The molecule has 116 valence electrons. The first-order valence-electron chi connectivity index (χ1n) is 7.13. The zero-order chi connectivity index (χ0) is 15.1. The van der Waals surface area contributed by atoms with Gasteiger partial charge in [-0.3, -0.25) is 4.90 Å². The van der Waals surface area contributed by atoms with Gasteiger partial charge in [0.1, 0.15) is 12.8 Å². The van der Waals surface area contributed by atoms with Crippen LogP contribution in [0.4, 0.5) is 9.18 Å².